The molecule has 3 heterocycles. The average molecular weight is 1690 g/mol. The molecule has 3 saturated heterocycles. The van der Waals surface area contributed by atoms with E-state index in [2.05, 4.69) is 27.8 Å². The van der Waals surface area contributed by atoms with Crippen molar-refractivity contribution in [2.24, 2.45) is 11.8 Å². The number of likely N-dealkylation sites (tertiary alicyclic amines) is 3. The van der Waals surface area contributed by atoms with Crippen LogP contribution in [0.15, 0.2) is 164 Å². The number of amides is 7. The van der Waals surface area contributed by atoms with Gasteiger partial charge >= 0.3 is 23.7 Å². The standard InChI is InChI=1S/C22H23F3N2O2.2C21H19F5N2O2.C20H19F5N2O3/c1-14-12-18(6-7-20(14)23)26-21(29)16-4-3-5-17(13-16)22(24,25)15(2)27-10-8-19(28)9-11-27;1-12-3-2-8-28(11-12)20(30)21(25,26)15-9-13(4-6-16(15)22)19(29)27-14-5-7-17(23)18(24)10-14;1-2-12-7-8-28(11-12)20(30)21(25,26)15-9-13(3-5-16(15)22)19(29)27-14-4-6-17(23)18(24)10-14;1-2-7-27(8-9-28)19(30)20(24,25)14-10-12(3-5-15(14)21)18(29)26-13-4-6-16(22)17(23)11-13/h3-7,12-13,19,28H,2,8-11H2,1H3,(H,26,29);4-7,9-10,12H,2-3,8,11H2,1H3,(H,27,29);3-6,9-10,12H,2,7-8,11H2,1H3,(H,27,29);3-6,10-11,28H,2,7-9H2,1H3,(H,26,29)/t;;12-;/m..0./s1. The number of benzene rings is 8. The highest BCUT2D eigenvalue weighted by Crippen LogP contribution is 2.41. The lowest BCUT2D eigenvalue weighted by Crippen LogP contribution is -2.46. The van der Waals surface area contributed by atoms with Crippen LogP contribution in [0, 0.1) is 76.9 Å². The molecule has 7 amide bonds. The van der Waals surface area contributed by atoms with Crippen LogP contribution in [0.1, 0.15) is 135 Å². The van der Waals surface area contributed by atoms with Gasteiger partial charge in [0.25, 0.3) is 41.4 Å². The fourth-order valence-corrected chi connectivity index (χ4v) is 12.7. The van der Waals surface area contributed by atoms with Crippen molar-refractivity contribution in [1.29, 1.82) is 0 Å². The van der Waals surface area contributed by atoms with Crippen LogP contribution < -0.4 is 21.3 Å². The van der Waals surface area contributed by atoms with Crippen LogP contribution in [0.2, 0.25) is 0 Å². The number of hydrogen-bond donors (Lipinski definition) is 6. The van der Waals surface area contributed by atoms with Gasteiger partial charge in [0.05, 0.1) is 35.1 Å². The van der Waals surface area contributed by atoms with Crippen LogP contribution in [0.25, 0.3) is 0 Å². The summed E-state index contributed by atoms with van der Waals surface area (Å²) in [5.74, 6) is -35.5. The molecule has 2 atom stereocenters. The van der Waals surface area contributed by atoms with Gasteiger partial charge in [-0.3, -0.25) is 33.6 Å². The molecule has 8 aromatic carbocycles. The Morgan fingerprint density at radius 2 is 0.824 bits per heavy atom. The maximum Gasteiger partial charge on any atom is 0.352 e. The maximum atomic E-state index is 15.0. The van der Waals surface area contributed by atoms with E-state index in [-0.39, 0.29) is 96.1 Å². The average Bonchev–Trinajstić information content (AvgIpc) is 1.48. The Balaban J connectivity index is 0.000000198. The molecule has 0 spiro atoms. The Hall–Kier alpha value is -11.8. The second-order valence-corrected chi connectivity index (χ2v) is 28.1. The van der Waals surface area contributed by atoms with Gasteiger partial charge in [-0.05, 0) is 184 Å². The molecule has 3 fully saturated rings. The lowest BCUT2D eigenvalue weighted by atomic mass is 9.97. The first-order valence-corrected chi connectivity index (χ1v) is 37.0. The van der Waals surface area contributed by atoms with Gasteiger partial charge in [-0.2, -0.15) is 35.1 Å². The fourth-order valence-electron chi connectivity index (χ4n) is 12.7. The molecule has 35 heteroatoms. The molecule has 119 heavy (non-hydrogen) atoms. The number of carbonyl (C=O) groups is 7. The maximum absolute atomic E-state index is 15.0. The molecule has 1 unspecified atom stereocenters. The van der Waals surface area contributed by atoms with Crippen LogP contribution in [-0.4, -0.2) is 136 Å². The Morgan fingerprint density at radius 3 is 1.21 bits per heavy atom. The van der Waals surface area contributed by atoms with Crippen LogP contribution in [-0.2, 0) is 38.1 Å². The van der Waals surface area contributed by atoms with Crippen LogP contribution in [0.5, 0.6) is 0 Å². The minimum Gasteiger partial charge on any atom is -0.395 e. The number of alkyl halides is 8. The number of nitrogens with zero attached hydrogens (tertiary/aromatic N) is 4. The Bertz CT molecular complexity index is 4910. The SMILES string of the molecule is C=C(N1CCC(O)CC1)C(F)(F)c1cccc(C(=O)Nc2ccc(F)c(C)c2)c1.CC1CCCN(C(=O)C(F)(F)c2cc(C(=O)Nc3ccc(F)c(F)c3)ccc2F)C1.CCCN(CCO)C(=O)C(F)(F)c1cc(C(=O)Nc2ccc(F)c(F)c2)ccc1F.CC[C@H]1CCN(C(=O)C(F)(F)c2cc(C(=O)Nc3ccc(F)c(F)c3)ccc2F)C1. The molecule has 11 rings (SSSR count). The molecule has 0 saturated carbocycles. The van der Waals surface area contributed by atoms with E-state index in [9.17, 15) is 109 Å². The zero-order valence-corrected chi connectivity index (χ0v) is 64.0. The summed E-state index contributed by atoms with van der Waals surface area (Å²) in [6.07, 6.45) is 3.39. The highest BCUT2D eigenvalue weighted by Gasteiger charge is 2.50. The third kappa shape index (κ3) is 23.4. The predicted octanol–water partition coefficient (Wildman–Crippen LogP) is 17.5. The van der Waals surface area contributed by atoms with Crippen molar-refractivity contribution < 1.29 is 123 Å². The van der Waals surface area contributed by atoms with E-state index < -0.39 is 158 Å². The van der Waals surface area contributed by atoms with Gasteiger partial charge in [-0.25, -0.2) is 43.9 Å². The molecule has 3 aliphatic rings. The largest absolute Gasteiger partial charge is 0.395 e. The third-order valence-electron chi connectivity index (χ3n) is 19.4. The number of aryl methyl sites for hydroxylation is 1. The quantitative estimate of drug-likeness (QED) is 0.0352. The van der Waals surface area contributed by atoms with E-state index in [1.165, 1.54) is 41.3 Å². The third-order valence-corrected chi connectivity index (χ3v) is 19.4. The Morgan fingerprint density at radius 1 is 0.437 bits per heavy atom. The number of halogens is 18. The molecule has 0 radical (unpaired) electrons. The summed E-state index contributed by atoms with van der Waals surface area (Å²) in [5, 5.41) is 27.7. The van der Waals surface area contributed by atoms with Gasteiger partial charge in [0, 0.05) is 121 Å². The normalized spacial score (nSPS) is 15.0. The first-order chi connectivity index (χ1) is 56.0. The van der Waals surface area contributed by atoms with Crippen LogP contribution in [0.3, 0.4) is 0 Å². The molecular weight excluding hydrogens is 1610 g/mol. The first-order valence-electron chi connectivity index (χ1n) is 37.0. The zero-order valence-electron chi connectivity index (χ0n) is 64.0. The topological polar surface area (TPSA) is 221 Å². The van der Waals surface area contributed by atoms with E-state index in [0.29, 0.717) is 116 Å². The second kappa shape index (κ2) is 40.1. The van der Waals surface area contributed by atoms with E-state index >= 15 is 8.78 Å². The van der Waals surface area contributed by atoms with E-state index in [0.717, 1.165) is 83.3 Å². The summed E-state index contributed by atoms with van der Waals surface area (Å²) in [6, 6.07) is 23.4. The molecule has 0 bridgehead atoms. The number of hydrogen-bond acceptors (Lipinski definition) is 10. The lowest BCUT2D eigenvalue weighted by Gasteiger charge is -2.36. The Labute approximate surface area is 670 Å². The summed E-state index contributed by atoms with van der Waals surface area (Å²) in [4.78, 5) is 90.6. The van der Waals surface area contributed by atoms with Crippen LogP contribution in [0.4, 0.5) is 102 Å². The minimum absolute atomic E-state index is 0.0524. The highest BCUT2D eigenvalue weighted by molar-refractivity contribution is 6.07. The summed E-state index contributed by atoms with van der Waals surface area (Å²) in [7, 11) is 0. The number of aliphatic hydroxyl groups is 2. The summed E-state index contributed by atoms with van der Waals surface area (Å²) < 4.78 is 253. The number of anilines is 4. The Kier molecular flexibility index (Phi) is 31.3. The van der Waals surface area contributed by atoms with Gasteiger partial charge in [-0.1, -0.05) is 45.9 Å². The zero-order chi connectivity index (χ0) is 87.8. The van der Waals surface area contributed by atoms with Crippen molar-refractivity contribution in [1.82, 2.24) is 19.6 Å². The van der Waals surface area contributed by atoms with Gasteiger partial charge in [0.2, 0.25) is 0 Å². The summed E-state index contributed by atoms with van der Waals surface area (Å²) >= 11 is 0. The molecule has 6 N–H and O–H groups in total. The van der Waals surface area contributed by atoms with Crippen molar-refractivity contribution in [2.75, 3.05) is 80.2 Å². The van der Waals surface area contributed by atoms with Crippen molar-refractivity contribution in [3.63, 3.8) is 0 Å². The predicted molar refractivity (Wildman–Crippen MR) is 403 cm³/mol. The van der Waals surface area contributed by atoms with Gasteiger partial charge in [0.1, 0.15) is 23.3 Å². The molecule has 0 aliphatic carbocycles. The van der Waals surface area contributed by atoms with Crippen molar-refractivity contribution in [3.8, 4) is 0 Å². The lowest BCUT2D eigenvalue weighted by molar-refractivity contribution is -0.161. The number of rotatable bonds is 22. The van der Waals surface area contributed by atoms with Crippen molar-refractivity contribution >= 4 is 64.1 Å². The van der Waals surface area contributed by atoms with E-state index in [1.54, 1.807) is 13.8 Å². The molecule has 17 nitrogen and oxygen atoms in total. The van der Waals surface area contributed by atoms with Crippen molar-refractivity contribution in [2.45, 2.75) is 102 Å². The van der Waals surface area contributed by atoms with Gasteiger partial charge < -0.3 is 51.1 Å². The van der Waals surface area contributed by atoms with E-state index in [4.69, 9.17) is 5.11 Å². The molecule has 0 aromatic heterocycles. The van der Waals surface area contributed by atoms with Gasteiger partial charge in [0.15, 0.2) is 34.9 Å². The number of nitrogens with one attached hydrogen (secondary N) is 4. The number of aliphatic hydroxyl groups excluding tert-OH is 2. The first kappa shape index (κ1) is 92.8. The fraction of sp³-hybridized carbons (Fsp3) is 0.321. The number of allylic oxidation sites excluding steroid dienone is 1. The molecular formula is C84H80F18N8O9. The monoisotopic (exact) mass is 1690 g/mol. The number of piperidine rings is 2. The van der Waals surface area contributed by atoms with Crippen LogP contribution >= 0.6 is 0 Å². The minimum atomic E-state index is -4.30. The summed E-state index contributed by atoms with van der Waals surface area (Å²) in [5.41, 5.74) is -5.17. The van der Waals surface area contributed by atoms with Gasteiger partial charge in [-0.15, -0.1) is 0 Å². The summed E-state index contributed by atoms with van der Waals surface area (Å²) in [6.45, 7) is 10.7. The molecule has 636 valence electrons. The number of carbonyl (C=O) groups excluding carboxylic acids is 7. The van der Waals surface area contributed by atoms with E-state index in [1.807, 2.05) is 13.8 Å². The molecule has 3 aliphatic heterocycles. The smallest absolute Gasteiger partial charge is 0.352 e. The highest BCUT2D eigenvalue weighted by atomic mass is 19.3. The molecule has 8 aromatic rings. The van der Waals surface area contributed by atoms with Crippen molar-refractivity contribution in [3.05, 3.63) is 272 Å². The second-order valence-electron chi connectivity index (χ2n) is 28.1.